The van der Waals surface area contributed by atoms with Crippen molar-refractivity contribution in [2.24, 2.45) is 4.99 Å². The van der Waals surface area contributed by atoms with Crippen LogP contribution < -0.4 is 10.1 Å². The van der Waals surface area contributed by atoms with Crippen molar-refractivity contribution in [3.05, 3.63) is 46.3 Å². The highest BCUT2D eigenvalue weighted by molar-refractivity contribution is 7.16. The summed E-state index contributed by atoms with van der Waals surface area (Å²) >= 11 is 1.67. The van der Waals surface area contributed by atoms with Crippen LogP contribution >= 0.6 is 11.3 Å². The number of nitrogens with one attached hydrogen (secondary N) is 1. The Labute approximate surface area is 152 Å². The van der Waals surface area contributed by atoms with E-state index < -0.39 is 0 Å². The van der Waals surface area contributed by atoms with E-state index in [0.717, 1.165) is 34.0 Å². The molecule has 0 spiro atoms. The molecule has 0 saturated carbocycles. The first-order chi connectivity index (χ1) is 12.2. The number of rotatable bonds is 7. The first-order valence-electron chi connectivity index (χ1n) is 8.83. The minimum absolute atomic E-state index is 0.0643. The molecule has 132 valence electrons. The summed E-state index contributed by atoms with van der Waals surface area (Å²) in [6, 6.07) is 10.0. The van der Waals surface area contributed by atoms with Crippen molar-refractivity contribution in [2.75, 3.05) is 19.0 Å². The smallest absolute Gasteiger partial charge is 0.246 e. The first-order valence-corrected chi connectivity index (χ1v) is 9.65. The van der Waals surface area contributed by atoms with E-state index in [-0.39, 0.29) is 12.5 Å². The molecule has 0 fully saturated rings. The van der Waals surface area contributed by atoms with E-state index in [1.165, 1.54) is 30.6 Å². The quantitative estimate of drug-likeness (QED) is 0.733. The van der Waals surface area contributed by atoms with Gasteiger partial charge >= 0.3 is 0 Å². The largest absolute Gasteiger partial charge is 0.496 e. The van der Waals surface area contributed by atoms with E-state index in [2.05, 4.69) is 23.3 Å². The van der Waals surface area contributed by atoms with Crippen LogP contribution in [0, 0.1) is 0 Å². The van der Waals surface area contributed by atoms with Crippen LogP contribution in [0.25, 0.3) is 0 Å². The zero-order valence-electron chi connectivity index (χ0n) is 14.8. The van der Waals surface area contributed by atoms with E-state index in [9.17, 15) is 4.79 Å². The van der Waals surface area contributed by atoms with Crippen molar-refractivity contribution in [3.8, 4) is 5.75 Å². The summed E-state index contributed by atoms with van der Waals surface area (Å²) in [7, 11) is 1.66. The minimum Gasteiger partial charge on any atom is -0.496 e. The zero-order chi connectivity index (χ0) is 17.6. The molecule has 1 aromatic heterocycles. The van der Waals surface area contributed by atoms with E-state index in [1.807, 2.05) is 24.3 Å². The van der Waals surface area contributed by atoms with Crippen LogP contribution in [0.4, 0.5) is 5.00 Å². The normalized spacial score (nSPS) is 13.7. The molecular formula is C20H24N2O2S. The number of unbranched alkanes of at least 4 members (excludes halogenated alkanes) is 3. The van der Waals surface area contributed by atoms with Crippen molar-refractivity contribution >= 4 is 28.0 Å². The number of carbonyl (C=O) groups is 1. The van der Waals surface area contributed by atoms with Gasteiger partial charge in [-0.1, -0.05) is 38.3 Å². The molecule has 2 heterocycles. The van der Waals surface area contributed by atoms with Gasteiger partial charge in [-0.2, -0.15) is 0 Å². The number of hydrogen-bond donors (Lipinski definition) is 1. The Hall–Kier alpha value is -2.14. The summed E-state index contributed by atoms with van der Waals surface area (Å²) in [5.74, 6) is 0.711. The average molecular weight is 356 g/mol. The standard InChI is InChI=1S/C20H24N2O2S/c1-3-4-5-6-9-14-12-16-19(15-10-7-8-11-17(15)24-2)21-13-18(23)22-20(16)25-14/h7-8,10-12H,3-6,9,13H2,1-2H3,(H,22,23). The fourth-order valence-electron chi connectivity index (χ4n) is 3.03. The third kappa shape index (κ3) is 4.10. The minimum atomic E-state index is -0.0643. The SMILES string of the molecule is CCCCCCc1cc2c(s1)NC(=O)CN=C2c1ccccc1OC. The maximum absolute atomic E-state index is 12.0. The maximum atomic E-state index is 12.0. The van der Waals surface area contributed by atoms with Gasteiger partial charge < -0.3 is 10.1 Å². The number of methoxy groups -OCH3 is 1. The molecule has 1 aliphatic rings. The van der Waals surface area contributed by atoms with Gasteiger partial charge in [-0.3, -0.25) is 9.79 Å². The molecule has 4 nitrogen and oxygen atoms in total. The van der Waals surface area contributed by atoms with Gasteiger partial charge in [-0.25, -0.2) is 0 Å². The number of carbonyl (C=O) groups excluding carboxylic acids is 1. The fraction of sp³-hybridized carbons (Fsp3) is 0.400. The second kappa shape index (κ2) is 8.30. The molecule has 1 aromatic carbocycles. The number of aryl methyl sites for hydroxylation is 1. The third-order valence-corrected chi connectivity index (χ3v) is 5.42. The van der Waals surface area contributed by atoms with Gasteiger partial charge in [0.15, 0.2) is 0 Å². The van der Waals surface area contributed by atoms with Crippen LogP contribution in [0.2, 0.25) is 0 Å². The number of anilines is 1. The molecule has 0 unspecified atom stereocenters. The van der Waals surface area contributed by atoms with E-state index in [1.54, 1.807) is 18.4 Å². The van der Waals surface area contributed by atoms with Crippen molar-refractivity contribution in [1.82, 2.24) is 0 Å². The molecule has 1 amide bonds. The Kier molecular flexibility index (Phi) is 5.87. The molecule has 0 radical (unpaired) electrons. The highest BCUT2D eigenvalue weighted by atomic mass is 32.1. The fourth-order valence-corrected chi connectivity index (χ4v) is 4.15. The first kappa shape index (κ1) is 17.7. The van der Waals surface area contributed by atoms with E-state index in [0.29, 0.717) is 0 Å². The van der Waals surface area contributed by atoms with Crippen LogP contribution in [0.5, 0.6) is 5.75 Å². The number of nitrogens with zero attached hydrogens (tertiary/aromatic N) is 1. The predicted molar refractivity (Wildman–Crippen MR) is 104 cm³/mol. The Balaban J connectivity index is 1.93. The van der Waals surface area contributed by atoms with Gasteiger partial charge in [0, 0.05) is 16.0 Å². The monoisotopic (exact) mass is 356 g/mol. The number of benzene rings is 1. The van der Waals surface area contributed by atoms with E-state index >= 15 is 0 Å². The molecule has 0 saturated heterocycles. The Morgan fingerprint density at radius 1 is 1.20 bits per heavy atom. The number of fused-ring (bicyclic) bond motifs is 1. The number of thiophene rings is 1. The molecule has 5 heteroatoms. The molecular weight excluding hydrogens is 332 g/mol. The van der Waals surface area contributed by atoms with Crippen molar-refractivity contribution in [1.29, 1.82) is 0 Å². The summed E-state index contributed by atoms with van der Waals surface area (Å²) in [4.78, 5) is 17.9. The summed E-state index contributed by atoms with van der Waals surface area (Å²) < 4.78 is 5.50. The van der Waals surface area contributed by atoms with Crippen LogP contribution in [0.15, 0.2) is 35.3 Å². The van der Waals surface area contributed by atoms with Gasteiger partial charge in [-0.15, -0.1) is 11.3 Å². The van der Waals surface area contributed by atoms with Crippen molar-refractivity contribution < 1.29 is 9.53 Å². The number of amides is 1. The molecule has 0 aliphatic carbocycles. The zero-order valence-corrected chi connectivity index (χ0v) is 15.6. The number of hydrogen-bond acceptors (Lipinski definition) is 4. The molecule has 1 aliphatic heterocycles. The van der Waals surface area contributed by atoms with Gasteiger partial charge in [0.1, 0.15) is 17.3 Å². The number of para-hydroxylation sites is 1. The van der Waals surface area contributed by atoms with Gasteiger partial charge in [0.25, 0.3) is 0 Å². The highest BCUT2D eigenvalue weighted by Gasteiger charge is 2.22. The average Bonchev–Trinajstić information content (AvgIpc) is 2.94. The Bertz CT molecular complexity index is 780. The molecule has 3 rings (SSSR count). The molecule has 0 atom stereocenters. The third-order valence-electron chi connectivity index (χ3n) is 4.31. The lowest BCUT2D eigenvalue weighted by Crippen LogP contribution is -2.12. The summed E-state index contributed by atoms with van der Waals surface area (Å²) in [6.07, 6.45) is 5.99. The molecule has 1 N–H and O–H groups in total. The van der Waals surface area contributed by atoms with E-state index in [4.69, 9.17) is 4.74 Å². The Morgan fingerprint density at radius 3 is 2.84 bits per heavy atom. The number of ether oxygens (including phenoxy) is 1. The molecule has 25 heavy (non-hydrogen) atoms. The van der Waals surface area contributed by atoms with Crippen LogP contribution in [0.3, 0.4) is 0 Å². The lowest BCUT2D eigenvalue weighted by Gasteiger charge is -2.10. The van der Waals surface area contributed by atoms with Crippen LogP contribution in [0.1, 0.15) is 48.6 Å². The van der Waals surface area contributed by atoms with Gasteiger partial charge in [0.05, 0.1) is 12.8 Å². The highest BCUT2D eigenvalue weighted by Crippen LogP contribution is 2.34. The second-order valence-electron chi connectivity index (χ2n) is 6.18. The lowest BCUT2D eigenvalue weighted by molar-refractivity contribution is -0.114. The number of aliphatic imine (C=N–C) groups is 1. The van der Waals surface area contributed by atoms with Gasteiger partial charge in [-0.05, 0) is 31.0 Å². The molecule has 0 bridgehead atoms. The lowest BCUT2D eigenvalue weighted by atomic mass is 10.0. The summed E-state index contributed by atoms with van der Waals surface area (Å²) in [5, 5.41) is 3.91. The Morgan fingerprint density at radius 2 is 2.04 bits per heavy atom. The second-order valence-corrected chi connectivity index (χ2v) is 7.32. The van der Waals surface area contributed by atoms with Crippen LogP contribution in [-0.2, 0) is 11.2 Å². The van der Waals surface area contributed by atoms with Crippen molar-refractivity contribution in [2.45, 2.75) is 39.0 Å². The summed E-state index contributed by atoms with van der Waals surface area (Å²) in [6.45, 7) is 2.36. The molecule has 2 aromatic rings. The van der Waals surface area contributed by atoms with Crippen molar-refractivity contribution in [3.63, 3.8) is 0 Å². The topological polar surface area (TPSA) is 50.7 Å². The summed E-state index contributed by atoms with van der Waals surface area (Å²) in [5.41, 5.74) is 2.77. The van der Waals surface area contributed by atoms with Gasteiger partial charge in [0.2, 0.25) is 5.91 Å². The van der Waals surface area contributed by atoms with Crippen LogP contribution in [-0.4, -0.2) is 25.3 Å². The maximum Gasteiger partial charge on any atom is 0.246 e. The predicted octanol–water partition coefficient (Wildman–Crippen LogP) is 4.67.